The fourth-order valence-electron chi connectivity index (χ4n) is 3.71. The van der Waals surface area contributed by atoms with Gasteiger partial charge >= 0.3 is 0 Å². The van der Waals surface area contributed by atoms with Crippen LogP contribution in [0.1, 0.15) is 22.8 Å². The van der Waals surface area contributed by atoms with Crippen molar-refractivity contribution in [3.05, 3.63) is 63.7 Å². The first-order valence-corrected chi connectivity index (χ1v) is 9.98. The van der Waals surface area contributed by atoms with Gasteiger partial charge in [0.15, 0.2) is 0 Å². The van der Waals surface area contributed by atoms with Crippen molar-refractivity contribution in [2.24, 2.45) is 0 Å². The number of para-hydroxylation sites is 1. The van der Waals surface area contributed by atoms with E-state index in [1.165, 1.54) is 17.9 Å². The topological polar surface area (TPSA) is 96.2 Å². The number of nitro benzene ring substituents is 1. The molecule has 2 amide bonds. The van der Waals surface area contributed by atoms with Crippen LogP contribution in [0, 0.1) is 10.1 Å². The van der Waals surface area contributed by atoms with Crippen LogP contribution in [0.25, 0.3) is 0 Å². The molecule has 1 aliphatic rings. The van der Waals surface area contributed by atoms with Crippen LogP contribution in [0.5, 0.6) is 5.75 Å². The Labute approximate surface area is 181 Å². The Morgan fingerprint density at radius 2 is 1.81 bits per heavy atom. The van der Waals surface area contributed by atoms with Gasteiger partial charge in [0.25, 0.3) is 11.6 Å². The lowest BCUT2D eigenvalue weighted by Gasteiger charge is -2.35. The highest BCUT2D eigenvalue weighted by molar-refractivity contribution is 5.95. The van der Waals surface area contributed by atoms with Gasteiger partial charge in [0.2, 0.25) is 5.91 Å². The molecule has 0 spiro atoms. The number of carbonyl (C=O) groups excluding carboxylic acids is 2. The van der Waals surface area contributed by atoms with Crippen LogP contribution in [0.3, 0.4) is 0 Å². The number of nitro groups is 1. The molecular formula is C22H26N4O5. The van der Waals surface area contributed by atoms with E-state index >= 15 is 0 Å². The number of amides is 2. The van der Waals surface area contributed by atoms with Crippen molar-refractivity contribution in [3.63, 3.8) is 0 Å². The van der Waals surface area contributed by atoms with E-state index in [2.05, 4.69) is 0 Å². The molecule has 9 nitrogen and oxygen atoms in total. The van der Waals surface area contributed by atoms with E-state index in [0.29, 0.717) is 44.2 Å². The van der Waals surface area contributed by atoms with Crippen molar-refractivity contribution >= 4 is 23.2 Å². The molecule has 2 aromatic rings. The van der Waals surface area contributed by atoms with Gasteiger partial charge in [-0.05, 0) is 18.2 Å². The predicted molar refractivity (Wildman–Crippen MR) is 116 cm³/mol. The first kappa shape index (κ1) is 22.1. The molecule has 1 aliphatic heterocycles. The van der Waals surface area contributed by atoms with Gasteiger partial charge in [-0.3, -0.25) is 19.7 Å². The molecule has 9 heteroatoms. The summed E-state index contributed by atoms with van der Waals surface area (Å²) >= 11 is 0. The minimum Gasteiger partial charge on any atom is -0.496 e. The summed E-state index contributed by atoms with van der Waals surface area (Å²) in [5.74, 6) is 0.350. The first-order chi connectivity index (χ1) is 14.8. The lowest BCUT2D eigenvalue weighted by atomic mass is 10.1. The van der Waals surface area contributed by atoms with Gasteiger partial charge in [-0.15, -0.1) is 0 Å². The molecule has 2 aromatic carbocycles. The summed E-state index contributed by atoms with van der Waals surface area (Å²) in [6.45, 7) is 3.85. The third-order valence-corrected chi connectivity index (χ3v) is 5.43. The molecular weight excluding hydrogens is 400 g/mol. The molecule has 3 rings (SSSR count). The fraction of sp³-hybridized carbons (Fsp3) is 0.364. The lowest BCUT2D eigenvalue weighted by Crippen LogP contribution is -2.48. The molecule has 0 bridgehead atoms. The van der Waals surface area contributed by atoms with E-state index in [9.17, 15) is 19.7 Å². The first-order valence-electron chi connectivity index (χ1n) is 9.98. The maximum Gasteiger partial charge on any atom is 0.293 e. The third-order valence-electron chi connectivity index (χ3n) is 5.43. The smallest absolute Gasteiger partial charge is 0.293 e. The summed E-state index contributed by atoms with van der Waals surface area (Å²) in [5, 5.41) is 11.7. The number of ether oxygens (including phenoxy) is 1. The molecule has 1 saturated heterocycles. The predicted octanol–water partition coefficient (Wildman–Crippen LogP) is 2.54. The largest absolute Gasteiger partial charge is 0.496 e. The standard InChI is InChI=1S/C22H26N4O5/c1-16(27)24-10-12-25(13-11-24)19-9-8-17(14-20(19)26(29)30)22(28)23(2)15-18-6-4-5-7-21(18)31-3/h4-9,14H,10-13,15H2,1-3H3. The molecule has 1 fully saturated rings. The SMILES string of the molecule is COc1ccccc1CN(C)C(=O)c1ccc(N2CCN(C(C)=O)CC2)c([N+](=O)[O-])c1. The van der Waals surface area contributed by atoms with Crippen LogP contribution in [0.4, 0.5) is 11.4 Å². The Kier molecular flexibility index (Phi) is 6.74. The van der Waals surface area contributed by atoms with Gasteiger partial charge < -0.3 is 19.4 Å². The highest BCUT2D eigenvalue weighted by atomic mass is 16.6. The molecule has 31 heavy (non-hydrogen) atoms. The Morgan fingerprint density at radius 3 is 2.42 bits per heavy atom. The highest BCUT2D eigenvalue weighted by Gasteiger charge is 2.26. The van der Waals surface area contributed by atoms with Crippen molar-refractivity contribution in [1.29, 1.82) is 0 Å². The number of anilines is 1. The summed E-state index contributed by atoms with van der Waals surface area (Å²) in [4.78, 5) is 40.8. The number of piperazine rings is 1. The quantitative estimate of drug-likeness (QED) is 0.520. The van der Waals surface area contributed by atoms with E-state index in [4.69, 9.17) is 4.74 Å². The number of carbonyl (C=O) groups is 2. The van der Waals surface area contributed by atoms with Gasteiger partial charge in [0, 0.05) is 63.9 Å². The summed E-state index contributed by atoms with van der Waals surface area (Å²) < 4.78 is 5.33. The molecule has 0 aliphatic carbocycles. The van der Waals surface area contributed by atoms with Gasteiger partial charge in [0.1, 0.15) is 11.4 Å². The van der Waals surface area contributed by atoms with Gasteiger partial charge in [-0.1, -0.05) is 18.2 Å². The molecule has 0 N–H and O–H groups in total. The Bertz CT molecular complexity index is 986. The number of hydrogen-bond donors (Lipinski definition) is 0. The summed E-state index contributed by atoms with van der Waals surface area (Å²) in [5.41, 5.74) is 1.43. The van der Waals surface area contributed by atoms with E-state index < -0.39 is 4.92 Å². The van der Waals surface area contributed by atoms with Gasteiger partial charge in [-0.25, -0.2) is 0 Å². The van der Waals surface area contributed by atoms with Gasteiger partial charge in [-0.2, -0.15) is 0 Å². The highest BCUT2D eigenvalue weighted by Crippen LogP contribution is 2.31. The third kappa shape index (κ3) is 4.93. The minimum absolute atomic E-state index is 0.00632. The molecule has 164 valence electrons. The lowest BCUT2D eigenvalue weighted by molar-refractivity contribution is -0.384. The van der Waals surface area contributed by atoms with Crippen LogP contribution < -0.4 is 9.64 Å². The minimum atomic E-state index is -0.469. The van der Waals surface area contributed by atoms with Crippen LogP contribution in [0.2, 0.25) is 0 Å². The second kappa shape index (κ2) is 9.46. The second-order valence-electron chi connectivity index (χ2n) is 7.43. The number of hydrogen-bond acceptors (Lipinski definition) is 6. The second-order valence-corrected chi connectivity index (χ2v) is 7.43. The number of rotatable bonds is 6. The Hall–Kier alpha value is -3.62. The number of methoxy groups -OCH3 is 1. The zero-order valence-corrected chi connectivity index (χ0v) is 17.9. The van der Waals surface area contributed by atoms with Gasteiger partial charge in [0.05, 0.1) is 12.0 Å². The van der Waals surface area contributed by atoms with Crippen molar-refractivity contribution in [2.75, 3.05) is 45.2 Å². The van der Waals surface area contributed by atoms with E-state index in [1.807, 2.05) is 29.2 Å². The molecule has 0 atom stereocenters. The van der Waals surface area contributed by atoms with Crippen molar-refractivity contribution in [2.45, 2.75) is 13.5 Å². The zero-order chi connectivity index (χ0) is 22.5. The van der Waals surface area contributed by atoms with Crippen molar-refractivity contribution in [3.8, 4) is 5.75 Å². The average molecular weight is 426 g/mol. The number of benzene rings is 2. The van der Waals surface area contributed by atoms with E-state index in [1.54, 1.807) is 31.2 Å². The van der Waals surface area contributed by atoms with Crippen LogP contribution in [-0.4, -0.2) is 66.9 Å². The fourth-order valence-corrected chi connectivity index (χ4v) is 3.71. The molecule has 0 aromatic heterocycles. The molecule has 0 unspecified atom stereocenters. The molecule has 0 radical (unpaired) electrons. The summed E-state index contributed by atoms with van der Waals surface area (Å²) in [7, 11) is 3.22. The average Bonchev–Trinajstić information content (AvgIpc) is 2.78. The normalized spacial score (nSPS) is 13.6. The van der Waals surface area contributed by atoms with E-state index in [0.717, 1.165) is 5.56 Å². The van der Waals surface area contributed by atoms with Crippen LogP contribution in [-0.2, 0) is 11.3 Å². The maximum atomic E-state index is 12.9. The van der Waals surface area contributed by atoms with E-state index in [-0.39, 0.29) is 23.1 Å². The van der Waals surface area contributed by atoms with Crippen molar-refractivity contribution in [1.82, 2.24) is 9.80 Å². The number of nitrogens with zero attached hydrogens (tertiary/aromatic N) is 4. The molecule has 1 heterocycles. The van der Waals surface area contributed by atoms with Crippen LogP contribution in [0.15, 0.2) is 42.5 Å². The molecule has 0 saturated carbocycles. The summed E-state index contributed by atoms with van der Waals surface area (Å²) in [6, 6.07) is 12.0. The Morgan fingerprint density at radius 1 is 1.13 bits per heavy atom. The summed E-state index contributed by atoms with van der Waals surface area (Å²) in [6.07, 6.45) is 0. The van der Waals surface area contributed by atoms with Crippen molar-refractivity contribution < 1.29 is 19.2 Å². The van der Waals surface area contributed by atoms with Crippen LogP contribution >= 0.6 is 0 Å². The monoisotopic (exact) mass is 426 g/mol. The Balaban J connectivity index is 1.79. The maximum absolute atomic E-state index is 12.9. The zero-order valence-electron chi connectivity index (χ0n) is 17.9.